The molecule has 3 atom stereocenters. The first-order chi connectivity index (χ1) is 5.57. The summed E-state index contributed by atoms with van der Waals surface area (Å²) >= 11 is 0. The summed E-state index contributed by atoms with van der Waals surface area (Å²) in [5, 5.41) is 27.5. The molecule has 0 aliphatic carbocycles. The molecule has 5 heteroatoms. The molecule has 1 aliphatic heterocycles. The highest BCUT2D eigenvalue weighted by atomic mass is 16.7. The average Bonchev–Trinajstić information content (AvgIpc) is 2.08. The van der Waals surface area contributed by atoms with Crippen molar-refractivity contribution in [2.75, 3.05) is 7.11 Å². The SMILES string of the molecule is CO[C@H]1OC(C)[C@@H](O)C(O)=C1O. The molecule has 0 radical (unpaired) electrons. The Bertz CT molecular complexity index is 196. The van der Waals surface area contributed by atoms with Crippen LogP contribution in [-0.4, -0.2) is 40.9 Å². The number of ether oxygens (including phenoxy) is 2. The van der Waals surface area contributed by atoms with E-state index in [1.807, 2.05) is 0 Å². The first-order valence-corrected chi connectivity index (χ1v) is 3.56. The predicted octanol–water partition coefficient (Wildman–Crippen LogP) is 0.0661. The Balaban J connectivity index is 2.87. The summed E-state index contributed by atoms with van der Waals surface area (Å²) in [6.07, 6.45) is -2.76. The lowest BCUT2D eigenvalue weighted by Gasteiger charge is -2.29. The fourth-order valence-electron chi connectivity index (χ4n) is 0.996. The minimum Gasteiger partial charge on any atom is -0.506 e. The summed E-state index contributed by atoms with van der Waals surface area (Å²) in [6, 6.07) is 0. The number of hydrogen-bond acceptors (Lipinski definition) is 5. The molecule has 0 saturated carbocycles. The van der Waals surface area contributed by atoms with Gasteiger partial charge in [0.2, 0.25) is 6.29 Å². The van der Waals surface area contributed by atoms with Crippen LogP contribution in [0.15, 0.2) is 11.5 Å². The van der Waals surface area contributed by atoms with Gasteiger partial charge in [0.05, 0.1) is 6.10 Å². The van der Waals surface area contributed by atoms with Crippen LogP contribution in [0.25, 0.3) is 0 Å². The Labute approximate surface area is 69.8 Å². The molecule has 70 valence electrons. The maximum absolute atomic E-state index is 9.18. The van der Waals surface area contributed by atoms with Gasteiger partial charge in [-0.1, -0.05) is 0 Å². The highest BCUT2D eigenvalue weighted by molar-refractivity contribution is 5.11. The summed E-state index contributed by atoms with van der Waals surface area (Å²) in [5.74, 6) is -0.955. The van der Waals surface area contributed by atoms with Gasteiger partial charge < -0.3 is 24.8 Å². The Morgan fingerprint density at radius 3 is 2.42 bits per heavy atom. The van der Waals surface area contributed by atoms with Crippen LogP contribution in [0.5, 0.6) is 0 Å². The van der Waals surface area contributed by atoms with Gasteiger partial charge in [0.25, 0.3) is 0 Å². The molecule has 0 amide bonds. The van der Waals surface area contributed by atoms with Gasteiger partial charge >= 0.3 is 0 Å². The van der Waals surface area contributed by atoms with Crippen molar-refractivity contribution >= 4 is 0 Å². The Morgan fingerprint density at radius 1 is 1.33 bits per heavy atom. The molecule has 1 unspecified atom stereocenters. The Kier molecular flexibility index (Phi) is 2.56. The number of aliphatic hydroxyl groups is 3. The molecule has 0 aromatic heterocycles. The first kappa shape index (κ1) is 9.31. The molecular formula is C7H12O5. The van der Waals surface area contributed by atoms with Gasteiger partial charge in [-0.2, -0.15) is 0 Å². The van der Waals surface area contributed by atoms with Gasteiger partial charge in [0, 0.05) is 7.11 Å². The van der Waals surface area contributed by atoms with Crippen molar-refractivity contribution in [3.05, 3.63) is 11.5 Å². The second-order valence-corrected chi connectivity index (χ2v) is 2.62. The van der Waals surface area contributed by atoms with Crippen molar-refractivity contribution in [1.29, 1.82) is 0 Å². The van der Waals surface area contributed by atoms with Gasteiger partial charge in [-0.15, -0.1) is 0 Å². The molecule has 0 aromatic rings. The third-order valence-corrected chi connectivity index (χ3v) is 1.76. The molecule has 3 N–H and O–H groups in total. The molecule has 1 heterocycles. The molecular weight excluding hydrogens is 164 g/mol. The van der Waals surface area contributed by atoms with Crippen LogP contribution >= 0.6 is 0 Å². The van der Waals surface area contributed by atoms with E-state index < -0.39 is 30.0 Å². The topological polar surface area (TPSA) is 79.2 Å². The smallest absolute Gasteiger partial charge is 0.220 e. The lowest BCUT2D eigenvalue weighted by molar-refractivity contribution is -0.186. The van der Waals surface area contributed by atoms with Crippen LogP contribution in [0.1, 0.15) is 6.92 Å². The fraction of sp³-hybridized carbons (Fsp3) is 0.714. The van der Waals surface area contributed by atoms with E-state index >= 15 is 0 Å². The highest BCUT2D eigenvalue weighted by Crippen LogP contribution is 2.22. The van der Waals surface area contributed by atoms with Crippen molar-refractivity contribution in [2.24, 2.45) is 0 Å². The number of methoxy groups -OCH3 is 1. The zero-order valence-corrected chi connectivity index (χ0v) is 6.89. The zero-order chi connectivity index (χ0) is 9.30. The number of hydrogen-bond donors (Lipinski definition) is 3. The number of rotatable bonds is 1. The summed E-state index contributed by atoms with van der Waals surface area (Å²) in [7, 11) is 1.33. The van der Waals surface area contributed by atoms with Gasteiger partial charge in [0.15, 0.2) is 11.5 Å². The van der Waals surface area contributed by atoms with Crippen LogP contribution in [0.2, 0.25) is 0 Å². The van der Waals surface area contributed by atoms with Crippen molar-refractivity contribution in [1.82, 2.24) is 0 Å². The van der Waals surface area contributed by atoms with E-state index in [4.69, 9.17) is 19.7 Å². The van der Waals surface area contributed by atoms with E-state index in [-0.39, 0.29) is 0 Å². The standard InChI is InChI=1S/C7H12O5/c1-3-4(8)5(9)6(10)7(11-2)12-3/h3-4,7-10H,1-2H3/t3?,4-,7+/m1/s1. The normalized spacial score (nSPS) is 37.1. The van der Waals surface area contributed by atoms with Crippen LogP contribution in [-0.2, 0) is 9.47 Å². The van der Waals surface area contributed by atoms with Crippen LogP contribution in [0.3, 0.4) is 0 Å². The van der Waals surface area contributed by atoms with E-state index in [1.165, 1.54) is 7.11 Å². The molecule has 5 nitrogen and oxygen atoms in total. The van der Waals surface area contributed by atoms with Gasteiger partial charge in [0.1, 0.15) is 6.10 Å². The van der Waals surface area contributed by atoms with Gasteiger partial charge in [-0.3, -0.25) is 0 Å². The fourth-order valence-corrected chi connectivity index (χ4v) is 0.996. The highest BCUT2D eigenvalue weighted by Gasteiger charge is 2.34. The molecule has 0 aromatic carbocycles. The predicted molar refractivity (Wildman–Crippen MR) is 39.6 cm³/mol. The van der Waals surface area contributed by atoms with Crippen molar-refractivity contribution in [3.63, 3.8) is 0 Å². The quantitative estimate of drug-likeness (QED) is 0.526. The summed E-state index contributed by atoms with van der Waals surface area (Å²) in [5.41, 5.74) is 0. The van der Waals surface area contributed by atoms with Gasteiger partial charge in [-0.05, 0) is 6.92 Å². The second kappa shape index (κ2) is 3.30. The maximum atomic E-state index is 9.18. The summed E-state index contributed by atoms with van der Waals surface area (Å²) in [4.78, 5) is 0. The van der Waals surface area contributed by atoms with Crippen LogP contribution in [0.4, 0.5) is 0 Å². The van der Waals surface area contributed by atoms with Crippen LogP contribution in [0, 0.1) is 0 Å². The Morgan fingerprint density at radius 2 is 1.92 bits per heavy atom. The lowest BCUT2D eigenvalue weighted by atomic mass is 10.1. The summed E-state index contributed by atoms with van der Waals surface area (Å²) in [6.45, 7) is 1.57. The average molecular weight is 176 g/mol. The molecule has 1 rings (SSSR count). The van der Waals surface area contributed by atoms with Crippen molar-refractivity contribution in [3.8, 4) is 0 Å². The second-order valence-electron chi connectivity index (χ2n) is 2.62. The van der Waals surface area contributed by atoms with Gasteiger partial charge in [-0.25, -0.2) is 0 Å². The van der Waals surface area contributed by atoms with E-state index in [1.54, 1.807) is 6.92 Å². The van der Waals surface area contributed by atoms with Crippen molar-refractivity contribution < 1.29 is 24.8 Å². The lowest BCUT2D eigenvalue weighted by Crippen LogP contribution is -2.40. The zero-order valence-electron chi connectivity index (χ0n) is 6.89. The molecule has 0 spiro atoms. The van der Waals surface area contributed by atoms with Crippen LogP contribution < -0.4 is 0 Å². The molecule has 1 aliphatic rings. The minimum absolute atomic E-state index is 0.469. The first-order valence-electron chi connectivity index (χ1n) is 3.56. The third kappa shape index (κ3) is 1.38. The molecule has 0 fully saturated rings. The molecule has 0 saturated heterocycles. The monoisotopic (exact) mass is 176 g/mol. The minimum atomic E-state index is -1.18. The third-order valence-electron chi connectivity index (χ3n) is 1.76. The molecule has 12 heavy (non-hydrogen) atoms. The maximum Gasteiger partial charge on any atom is 0.220 e. The van der Waals surface area contributed by atoms with Crippen molar-refractivity contribution in [2.45, 2.75) is 25.4 Å². The number of aliphatic hydroxyl groups excluding tert-OH is 3. The van der Waals surface area contributed by atoms with E-state index in [2.05, 4.69) is 0 Å². The molecule has 0 bridgehead atoms. The van der Waals surface area contributed by atoms with E-state index in [9.17, 15) is 5.11 Å². The summed E-state index contributed by atoms with van der Waals surface area (Å²) < 4.78 is 9.68. The largest absolute Gasteiger partial charge is 0.506 e. The Hall–Kier alpha value is -0.780. The van der Waals surface area contributed by atoms with E-state index in [0.717, 1.165) is 0 Å². The van der Waals surface area contributed by atoms with E-state index in [0.29, 0.717) is 0 Å².